The molecule has 0 unspecified atom stereocenters. The molecule has 2 N–H and O–H groups in total. The monoisotopic (exact) mass is 319 g/mol. The largest absolute Gasteiger partial charge is 0.482 e. The van der Waals surface area contributed by atoms with E-state index in [0.717, 1.165) is 5.56 Å². The number of carbonyl (C=O) groups excluding carboxylic acids is 1. The zero-order valence-corrected chi connectivity index (χ0v) is 12.6. The van der Waals surface area contributed by atoms with Crippen LogP contribution in [0.3, 0.4) is 0 Å². The van der Waals surface area contributed by atoms with E-state index in [1.807, 2.05) is 6.92 Å². The lowest BCUT2D eigenvalue weighted by Crippen LogP contribution is -2.19. The van der Waals surface area contributed by atoms with Gasteiger partial charge in [-0.2, -0.15) is 0 Å². The molecule has 0 saturated carbocycles. The van der Waals surface area contributed by atoms with Crippen molar-refractivity contribution in [1.82, 2.24) is 4.98 Å². The number of rotatable bonds is 5. The molecule has 22 heavy (non-hydrogen) atoms. The first kappa shape index (κ1) is 15.8. The van der Waals surface area contributed by atoms with Crippen molar-refractivity contribution in [1.29, 1.82) is 0 Å². The van der Waals surface area contributed by atoms with Crippen LogP contribution in [-0.4, -0.2) is 23.4 Å². The maximum atomic E-state index is 11.6. The first-order valence-electron chi connectivity index (χ1n) is 6.40. The minimum Gasteiger partial charge on any atom is -0.482 e. The molecule has 0 aliphatic carbocycles. The van der Waals surface area contributed by atoms with Crippen LogP contribution in [0.1, 0.15) is 11.3 Å². The van der Waals surface area contributed by atoms with Crippen molar-refractivity contribution >= 4 is 23.4 Å². The fraction of sp³-hybridized carbons (Fsp3) is 0.133. The highest BCUT2D eigenvalue weighted by Crippen LogP contribution is 2.21. The smallest absolute Gasteiger partial charge is 0.372 e. The predicted octanol–water partition coefficient (Wildman–Crippen LogP) is 2.29. The Labute approximate surface area is 132 Å². The first-order chi connectivity index (χ1) is 10.6. The van der Waals surface area contributed by atoms with E-state index in [4.69, 9.17) is 22.1 Å². The number of benzene rings is 1. The highest BCUT2D eigenvalue weighted by molar-refractivity contribution is 6.30. The molecule has 0 aliphatic heterocycles. The molecule has 2 rings (SSSR count). The normalized spacial score (nSPS) is 11.1. The highest BCUT2D eigenvalue weighted by Gasteiger charge is 2.08. The summed E-state index contributed by atoms with van der Waals surface area (Å²) in [5, 5.41) is 4.12. The van der Waals surface area contributed by atoms with Crippen molar-refractivity contribution in [2.45, 2.75) is 6.92 Å². The van der Waals surface area contributed by atoms with Gasteiger partial charge in [-0.3, -0.25) is 4.98 Å². The van der Waals surface area contributed by atoms with Gasteiger partial charge in [0.25, 0.3) is 0 Å². The highest BCUT2D eigenvalue weighted by atomic mass is 35.5. The molecule has 0 saturated heterocycles. The summed E-state index contributed by atoms with van der Waals surface area (Å²) in [6.45, 7) is 1.53. The number of halogens is 1. The van der Waals surface area contributed by atoms with E-state index >= 15 is 0 Å². The van der Waals surface area contributed by atoms with E-state index in [1.165, 1.54) is 0 Å². The lowest BCUT2D eigenvalue weighted by atomic mass is 10.2. The fourth-order valence-electron chi connectivity index (χ4n) is 1.60. The Balaban J connectivity index is 1.88. The Kier molecular flexibility index (Phi) is 5.32. The third-order valence-electron chi connectivity index (χ3n) is 2.66. The number of aryl methyl sites for hydroxylation is 1. The molecule has 2 aromatic rings. The molecular formula is C15H14ClN3O3. The minimum absolute atomic E-state index is 0.0108. The number of aromatic nitrogens is 1. The summed E-state index contributed by atoms with van der Waals surface area (Å²) in [5.41, 5.74) is 6.88. The number of hydrogen-bond donors (Lipinski definition) is 1. The zero-order valence-electron chi connectivity index (χ0n) is 11.8. The van der Waals surface area contributed by atoms with Gasteiger partial charge in [0.2, 0.25) is 0 Å². The molecule has 0 radical (unpaired) electrons. The van der Waals surface area contributed by atoms with Crippen molar-refractivity contribution in [2.24, 2.45) is 10.9 Å². The Hall–Kier alpha value is -2.60. The van der Waals surface area contributed by atoms with Crippen molar-refractivity contribution < 1.29 is 14.4 Å². The molecule has 0 spiro atoms. The van der Waals surface area contributed by atoms with Gasteiger partial charge in [-0.05, 0) is 42.8 Å². The van der Waals surface area contributed by atoms with Crippen LogP contribution in [0, 0.1) is 6.92 Å². The standard InChI is InChI=1S/C15H14ClN3O3/c1-10-8-11(16)5-6-13(10)21-9-14(20)22-19-15(17)12-4-2-3-7-18-12/h2-8H,9H2,1H3,(H2,17,19). The van der Waals surface area contributed by atoms with Gasteiger partial charge in [0, 0.05) is 11.2 Å². The Morgan fingerprint density at radius 2 is 2.18 bits per heavy atom. The summed E-state index contributed by atoms with van der Waals surface area (Å²) in [7, 11) is 0. The zero-order chi connectivity index (χ0) is 15.9. The molecule has 1 heterocycles. The Bertz CT molecular complexity index is 690. The SMILES string of the molecule is Cc1cc(Cl)ccc1OCC(=O)O/N=C(/N)c1ccccn1. The van der Waals surface area contributed by atoms with Crippen molar-refractivity contribution in [3.8, 4) is 5.75 Å². The number of amidine groups is 1. The van der Waals surface area contributed by atoms with Crippen LogP contribution >= 0.6 is 11.6 Å². The third-order valence-corrected chi connectivity index (χ3v) is 2.89. The van der Waals surface area contributed by atoms with E-state index < -0.39 is 5.97 Å². The summed E-state index contributed by atoms with van der Waals surface area (Å²) in [4.78, 5) is 20.2. The second kappa shape index (κ2) is 7.42. The van der Waals surface area contributed by atoms with Crippen molar-refractivity contribution in [2.75, 3.05) is 6.61 Å². The molecule has 7 heteroatoms. The maximum Gasteiger partial charge on any atom is 0.372 e. The summed E-state index contributed by atoms with van der Waals surface area (Å²) >= 11 is 5.84. The van der Waals surface area contributed by atoms with Crippen LogP contribution in [0.5, 0.6) is 5.75 Å². The molecular weight excluding hydrogens is 306 g/mol. The summed E-state index contributed by atoms with van der Waals surface area (Å²) in [6.07, 6.45) is 1.56. The van der Waals surface area contributed by atoms with E-state index in [-0.39, 0.29) is 12.4 Å². The van der Waals surface area contributed by atoms with E-state index in [2.05, 4.69) is 15.0 Å². The van der Waals surface area contributed by atoms with Gasteiger partial charge in [0.05, 0.1) is 0 Å². The van der Waals surface area contributed by atoms with Gasteiger partial charge >= 0.3 is 5.97 Å². The maximum absolute atomic E-state index is 11.6. The Morgan fingerprint density at radius 3 is 2.86 bits per heavy atom. The van der Waals surface area contributed by atoms with E-state index in [1.54, 1.807) is 42.6 Å². The number of carbonyl (C=O) groups is 1. The van der Waals surface area contributed by atoms with Gasteiger partial charge in [-0.15, -0.1) is 0 Å². The molecule has 1 aromatic heterocycles. The number of nitrogens with two attached hydrogens (primary N) is 1. The van der Waals surface area contributed by atoms with E-state index in [9.17, 15) is 4.79 Å². The summed E-state index contributed by atoms with van der Waals surface area (Å²) in [5.74, 6) is -0.118. The Morgan fingerprint density at radius 1 is 1.36 bits per heavy atom. The average molecular weight is 320 g/mol. The van der Waals surface area contributed by atoms with Crippen LogP contribution in [0.2, 0.25) is 5.02 Å². The summed E-state index contributed by atoms with van der Waals surface area (Å²) < 4.78 is 5.33. The van der Waals surface area contributed by atoms with Crippen molar-refractivity contribution in [3.63, 3.8) is 0 Å². The molecule has 0 aliphatic rings. The lowest BCUT2D eigenvalue weighted by Gasteiger charge is -2.07. The second-order valence-corrected chi connectivity index (χ2v) is 4.79. The van der Waals surface area contributed by atoms with E-state index in [0.29, 0.717) is 16.5 Å². The fourth-order valence-corrected chi connectivity index (χ4v) is 1.83. The van der Waals surface area contributed by atoms with Crippen LogP contribution < -0.4 is 10.5 Å². The van der Waals surface area contributed by atoms with Crippen molar-refractivity contribution in [3.05, 3.63) is 58.9 Å². The number of nitrogens with zero attached hydrogens (tertiary/aromatic N) is 2. The van der Waals surface area contributed by atoms with Gasteiger partial charge in [-0.25, -0.2) is 4.79 Å². The van der Waals surface area contributed by atoms with Crippen LogP contribution in [0.4, 0.5) is 0 Å². The topological polar surface area (TPSA) is 86.8 Å². The predicted molar refractivity (Wildman–Crippen MR) is 82.7 cm³/mol. The molecule has 0 amide bonds. The van der Waals surface area contributed by atoms with Gasteiger partial charge < -0.3 is 15.3 Å². The second-order valence-electron chi connectivity index (χ2n) is 4.35. The number of ether oxygens (including phenoxy) is 1. The van der Waals surface area contributed by atoms with Crippen LogP contribution in [0.25, 0.3) is 0 Å². The number of pyridine rings is 1. The molecule has 6 nitrogen and oxygen atoms in total. The number of hydrogen-bond acceptors (Lipinski definition) is 5. The quantitative estimate of drug-likeness (QED) is 0.395. The lowest BCUT2D eigenvalue weighted by molar-refractivity contribution is -0.146. The first-order valence-corrected chi connectivity index (χ1v) is 6.77. The van der Waals surface area contributed by atoms with Crippen LogP contribution in [0.15, 0.2) is 47.8 Å². The molecule has 1 aromatic carbocycles. The molecule has 0 fully saturated rings. The molecule has 0 bridgehead atoms. The minimum atomic E-state index is -0.673. The molecule has 0 atom stereocenters. The third kappa shape index (κ3) is 4.46. The van der Waals surface area contributed by atoms with Crippen LogP contribution in [-0.2, 0) is 9.63 Å². The van der Waals surface area contributed by atoms with Gasteiger partial charge in [0.1, 0.15) is 11.4 Å². The average Bonchev–Trinajstić information content (AvgIpc) is 2.52. The molecule has 114 valence electrons. The summed E-state index contributed by atoms with van der Waals surface area (Å²) in [6, 6.07) is 10.2. The van der Waals surface area contributed by atoms with Gasteiger partial charge in [0.15, 0.2) is 12.4 Å². The van der Waals surface area contributed by atoms with Gasteiger partial charge in [-0.1, -0.05) is 22.8 Å². The number of oxime groups is 1.